The van der Waals surface area contributed by atoms with E-state index in [0.717, 1.165) is 17.4 Å². The van der Waals surface area contributed by atoms with Crippen molar-refractivity contribution in [2.24, 2.45) is 7.05 Å². The molecule has 0 spiro atoms. The number of carbonyl (C=O) groups excluding carboxylic acids is 2. The molecule has 1 aromatic heterocycles. The van der Waals surface area contributed by atoms with Crippen molar-refractivity contribution in [1.29, 1.82) is 0 Å². The molecule has 2 fully saturated rings. The summed E-state index contributed by atoms with van der Waals surface area (Å²) in [5.74, 6) is -0.375. The smallest absolute Gasteiger partial charge is 0.328 e. The fraction of sp³-hybridized carbons (Fsp3) is 0.667. The number of aromatic amines is 1. The number of morpholine rings is 1. The maximum atomic E-state index is 12.5. The molecule has 0 saturated carbocycles. The first-order valence-electron chi connectivity index (χ1n) is 9.52. The van der Waals surface area contributed by atoms with E-state index < -0.39 is 17.2 Å². The Kier molecular flexibility index (Phi) is 6.30. The van der Waals surface area contributed by atoms with Crippen molar-refractivity contribution in [2.75, 3.05) is 39.9 Å². The van der Waals surface area contributed by atoms with Crippen LogP contribution in [0.15, 0.2) is 15.8 Å². The van der Waals surface area contributed by atoms with Crippen LogP contribution in [-0.4, -0.2) is 83.1 Å². The summed E-state index contributed by atoms with van der Waals surface area (Å²) < 4.78 is 6.44. The molecule has 2 atom stereocenters. The van der Waals surface area contributed by atoms with Crippen LogP contribution in [0.2, 0.25) is 0 Å². The molecule has 3 rings (SSSR count). The van der Waals surface area contributed by atoms with Gasteiger partial charge < -0.3 is 19.5 Å². The number of aryl methyl sites for hydroxylation is 1. The molecule has 3 heterocycles. The lowest BCUT2D eigenvalue weighted by Crippen LogP contribution is -2.45. The number of carbonyl (C=O) groups is 2. The number of hydrogen-bond donors (Lipinski definition) is 2. The van der Waals surface area contributed by atoms with Crippen LogP contribution in [0.25, 0.3) is 0 Å². The molecule has 0 aliphatic carbocycles. The number of nitrogens with zero attached hydrogens (tertiary/aromatic N) is 3. The van der Waals surface area contributed by atoms with E-state index >= 15 is 0 Å². The average molecular weight is 393 g/mol. The summed E-state index contributed by atoms with van der Waals surface area (Å²) in [5.41, 5.74) is -1.36. The minimum atomic E-state index is -0.700. The third-order valence-electron chi connectivity index (χ3n) is 5.61. The number of nitrogens with one attached hydrogen (secondary N) is 2. The Morgan fingerprint density at radius 3 is 2.57 bits per heavy atom. The zero-order valence-corrected chi connectivity index (χ0v) is 16.3. The lowest BCUT2D eigenvalue weighted by atomic mass is 10.1. The summed E-state index contributed by atoms with van der Waals surface area (Å²) in [5, 5.41) is 2.77. The highest BCUT2D eigenvalue weighted by Gasteiger charge is 2.33. The molecule has 0 radical (unpaired) electrons. The van der Waals surface area contributed by atoms with Gasteiger partial charge in [0.15, 0.2) is 0 Å². The van der Waals surface area contributed by atoms with Gasteiger partial charge in [0.25, 0.3) is 11.5 Å². The highest BCUT2D eigenvalue weighted by atomic mass is 16.5. The largest absolute Gasteiger partial charge is 0.378 e. The van der Waals surface area contributed by atoms with Gasteiger partial charge in [-0.1, -0.05) is 0 Å². The van der Waals surface area contributed by atoms with Crippen LogP contribution in [0, 0.1) is 0 Å². The van der Waals surface area contributed by atoms with Gasteiger partial charge in [0.05, 0.1) is 13.2 Å². The first-order valence-corrected chi connectivity index (χ1v) is 9.52. The summed E-state index contributed by atoms with van der Waals surface area (Å²) >= 11 is 0. The van der Waals surface area contributed by atoms with Gasteiger partial charge in [0.1, 0.15) is 5.56 Å². The van der Waals surface area contributed by atoms with Crippen molar-refractivity contribution in [2.45, 2.75) is 31.3 Å². The van der Waals surface area contributed by atoms with Crippen molar-refractivity contribution in [3.63, 3.8) is 0 Å². The Balaban J connectivity index is 1.52. The van der Waals surface area contributed by atoms with Gasteiger partial charge >= 0.3 is 5.69 Å². The lowest BCUT2D eigenvalue weighted by Gasteiger charge is -2.30. The molecular weight excluding hydrogens is 366 g/mol. The van der Waals surface area contributed by atoms with Crippen LogP contribution < -0.4 is 16.6 Å². The number of ether oxygens (including phenoxy) is 1. The fourth-order valence-corrected chi connectivity index (χ4v) is 3.76. The Morgan fingerprint density at radius 2 is 1.86 bits per heavy atom. The van der Waals surface area contributed by atoms with Gasteiger partial charge in [-0.3, -0.25) is 24.3 Å². The second kappa shape index (κ2) is 8.70. The van der Waals surface area contributed by atoms with Crippen molar-refractivity contribution in [3.8, 4) is 0 Å². The van der Waals surface area contributed by atoms with E-state index in [1.165, 1.54) is 13.2 Å². The van der Waals surface area contributed by atoms with E-state index in [0.29, 0.717) is 39.3 Å². The Bertz CT molecular complexity index is 842. The minimum Gasteiger partial charge on any atom is -0.378 e. The molecule has 0 bridgehead atoms. The first kappa shape index (κ1) is 20.3. The molecule has 0 unspecified atom stereocenters. The maximum Gasteiger partial charge on any atom is 0.328 e. The normalized spacial score (nSPS) is 23.0. The molecule has 2 aliphatic rings. The Hall–Kier alpha value is -2.46. The third-order valence-corrected chi connectivity index (χ3v) is 5.61. The molecule has 154 valence electrons. The number of H-pyrrole nitrogens is 1. The van der Waals surface area contributed by atoms with Crippen LogP contribution in [0.4, 0.5) is 0 Å². The van der Waals surface area contributed by atoms with Gasteiger partial charge in [0, 0.05) is 51.4 Å². The zero-order chi connectivity index (χ0) is 20.3. The maximum absolute atomic E-state index is 12.5. The van der Waals surface area contributed by atoms with Gasteiger partial charge in [-0.15, -0.1) is 0 Å². The van der Waals surface area contributed by atoms with E-state index in [1.807, 2.05) is 11.9 Å². The number of rotatable bonds is 5. The quantitative estimate of drug-likeness (QED) is 0.630. The van der Waals surface area contributed by atoms with Crippen molar-refractivity contribution in [1.82, 2.24) is 24.7 Å². The van der Waals surface area contributed by atoms with E-state index in [4.69, 9.17) is 4.74 Å². The van der Waals surface area contributed by atoms with Crippen molar-refractivity contribution >= 4 is 11.8 Å². The molecule has 2 N–H and O–H groups in total. The topological polar surface area (TPSA) is 117 Å². The van der Waals surface area contributed by atoms with E-state index in [2.05, 4.69) is 15.2 Å². The monoisotopic (exact) mass is 393 g/mol. The number of aromatic nitrogens is 2. The van der Waals surface area contributed by atoms with Crippen LogP contribution in [0.3, 0.4) is 0 Å². The standard InChI is InChI=1S/C18H27N5O5/c1-21-11-14(17(26)20-18(21)27)16(25)19-10-13-4-3-12(22(13)2)9-15(24)23-5-7-28-8-6-23/h11-13H,3-10H2,1-2H3,(H,19,25)(H,20,26,27)/t12-,13+/m1/s1. The number of amides is 2. The molecule has 28 heavy (non-hydrogen) atoms. The Morgan fingerprint density at radius 1 is 1.18 bits per heavy atom. The number of hydrogen-bond acceptors (Lipinski definition) is 6. The summed E-state index contributed by atoms with van der Waals surface area (Å²) in [6.45, 7) is 2.84. The highest BCUT2D eigenvalue weighted by Crippen LogP contribution is 2.25. The number of likely N-dealkylation sites (tertiary alicyclic amines) is 1. The second-order valence-electron chi connectivity index (χ2n) is 7.37. The molecule has 2 saturated heterocycles. The van der Waals surface area contributed by atoms with E-state index in [9.17, 15) is 19.2 Å². The van der Waals surface area contributed by atoms with Crippen molar-refractivity contribution in [3.05, 3.63) is 32.6 Å². The Labute approximate surface area is 162 Å². The molecule has 1 aromatic rings. The summed E-state index contributed by atoms with van der Waals surface area (Å²) in [6, 6.07) is 0.233. The second-order valence-corrected chi connectivity index (χ2v) is 7.37. The van der Waals surface area contributed by atoms with Gasteiger partial charge in [-0.05, 0) is 19.9 Å². The van der Waals surface area contributed by atoms with Crippen LogP contribution in [0.5, 0.6) is 0 Å². The highest BCUT2D eigenvalue weighted by molar-refractivity contribution is 5.93. The molecular formula is C18H27N5O5. The van der Waals surface area contributed by atoms with Gasteiger partial charge in [-0.25, -0.2) is 4.79 Å². The van der Waals surface area contributed by atoms with Crippen LogP contribution in [-0.2, 0) is 16.6 Å². The average Bonchev–Trinajstić information content (AvgIpc) is 3.03. The lowest BCUT2D eigenvalue weighted by molar-refractivity contribution is -0.136. The molecule has 2 amide bonds. The summed E-state index contributed by atoms with van der Waals surface area (Å²) in [6.07, 6.45) is 3.44. The van der Waals surface area contributed by atoms with Crippen molar-refractivity contribution < 1.29 is 14.3 Å². The van der Waals surface area contributed by atoms with Gasteiger partial charge in [0.2, 0.25) is 5.91 Å². The predicted octanol–water partition coefficient (Wildman–Crippen LogP) is -1.48. The van der Waals surface area contributed by atoms with Gasteiger partial charge in [-0.2, -0.15) is 0 Å². The minimum absolute atomic E-state index is 0.0954. The van der Waals surface area contributed by atoms with E-state index in [-0.39, 0.29) is 23.6 Å². The zero-order valence-electron chi connectivity index (χ0n) is 16.3. The van der Waals surface area contributed by atoms with E-state index in [1.54, 1.807) is 0 Å². The fourth-order valence-electron chi connectivity index (χ4n) is 3.76. The predicted molar refractivity (Wildman–Crippen MR) is 101 cm³/mol. The third kappa shape index (κ3) is 4.50. The summed E-state index contributed by atoms with van der Waals surface area (Å²) in [4.78, 5) is 54.1. The molecule has 10 nitrogen and oxygen atoms in total. The molecule has 10 heteroatoms. The SMILES string of the molecule is CN1[C@@H](CC(=O)N2CCOCC2)CC[C@H]1CNC(=O)c1cn(C)c(=O)[nH]c1=O. The molecule has 2 aliphatic heterocycles. The summed E-state index contributed by atoms with van der Waals surface area (Å²) in [7, 11) is 3.43. The number of likely N-dealkylation sites (N-methyl/N-ethyl adjacent to an activating group) is 1. The van der Waals surface area contributed by atoms with Crippen LogP contribution in [0.1, 0.15) is 29.6 Å². The first-order chi connectivity index (χ1) is 13.4. The molecule has 0 aromatic carbocycles. The van der Waals surface area contributed by atoms with Crippen LogP contribution >= 0.6 is 0 Å².